The van der Waals surface area contributed by atoms with E-state index in [1.807, 2.05) is 27.7 Å². The van der Waals surface area contributed by atoms with Crippen LogP contribution in [0.25, 0.3) is 0 Å². The minimum atomic E-state index is -0.283. The van der Waals surface area contributed by atoms with Crippen molar-refractivity contribution in [3.05, 3.63) is 22.2 Å². The van der Waals surface area contributed by atoms with Crippen LogP contribution in [-0.4, -0.2) is 35.6 Å². The molecular formula is C14H22N4O2. The lowest BCUT2D eigenvalue weighted by atomic mass is 10.0. The lowest BCUT2D eigenvalue weighted by Gasteiger charge is -2.22. The van der Waals surface area contributed by atoms with E-state index in [-0.39, 0.29) is 17.0 Å². The molecule has 0 bridgehead atoms. The van der Waals surface area contributed by atoms with Gasteiger partial charge in [-0.1, -0.05) is 6.92 Å². The highest BCUT2D eigenvalue weighted by molar-refractivity contribution is 6.05. The van der Waals surface area contributed by atoms with Crippen molar-refractivity contribution in [3.63, 3.8) is 0 Å². The number of hydrogen-bond acceptors (Lipinski definition) is 4. The van der Waals surface area contributed by atoms with Gasteiger partial charge in [0.2, 0.25) is 0 Å². The number of ether oxygens (including phenoxy) is 1. The maximum Gasteiger partial charge on any atom is 0.259 e. The van der Waals surface area contributed by atoms with Crippen LogP contribution < -0.4 is 10.9 Å². The summed E-state index contributed by atoms with van der Waals surface area (Å²) >= 11 is 0. The molecule has 1 atom stereocenters. The highest BCUT2D eigenvalue weighted by Crippen LogP contribution is 2.28. The molecule has 2 heterocycles. The van der Waals surface area contributed by atoms with Crippen LogP contribution >= 0.6 is 0 Å². The summed E-state index contributed by atoms with van der Waals surface area (Å²) in [4.78, 5) is 21.4. The number of nitrogens with one attached hydrogen (secondary N) is 1. The second kappa shape index (κ2) is 5.36. The molecule has 0 amide bonds. The first-order valence-electron chi connectivity index (χ1n) is 6.78. The number of aromatic nitrogens is 2. The highest BCUT2D eigenvalue weighted by atomic mass is 16.5. The Balaban J connectivity index is 2.38. The molecule has 1 aliphatic rings. The first-order chi connectivity index (χ1) is 9.36. The van der Waals surface area contributed by atoms with Crippen molar-refractivity contribution in [2.75, 3.05) is 25.6 Å². The van der Waals surface area contributed by atoms with Gasteiger partial charge in [-0.3, -0.25) is 14.4 Å². The van der Waals surface area contributed by atoms with Gasteiger partial charge in [0.1, 0.15) is 18.0 Å². The van der Waals surface area contributed by atoms with Crippen molar-refractivity contribution in [1.29, 1.82) is 0 Å². The Bertz CT molecular complexity index is 584. The van der Waals surface area contributed by atoms with Crippen molar-refractivity contribution in [1.82, 2.24) is 9.55 Å². The van der Waals surface area contributed by atoms with E-state index < -0.39 is 0 Å². The maximum atomic E-state index is 12.6. The fourth-order valence-corrected chi connectivity index (χ4v) is 2.24. The van der Waals surface area contributed by atoms with Crippen LogP contribution in [0.3, 0.4) is 0 Å². The summed E-state index contributed by atoms with van der Waals surface area (Å²) in [5.74, 6) is 1.35. The molecular weight excluding hydrogens is 256 g/mol. The molecule has 0 radical (unpaired) electrons. The average Bonchev–Trinajstić information content (AvgIpc) is 2.66. The summed E-state index contributed by atoms with van der Waals surface area (Å²) in [6.45, 7) is 9.08. The molecule has 1 aliphatic heterocycles. The number of fused-ring (bicyclic) bond motifs is 1. The summed E-state index contributed by atoms with van der Waals surface area (Å²) in [5, 5.41) is 3.13. The van der Waals surface area contributed by atoms with Gasteiger partial charge in [0.15, 0.2) is 0 Å². The van der Waals surface area contributed by atoms with Crippen molar-refractivity contribution in [3.8, 4) is 0 Å². The van der Waals surface area contributed by atoms with Crippen molar-refractivity contribution >= 4 is 11.7 Å². The fourth-order valence-electron chi connectivity index (χ4n) is 2.24. The number of rotatable bonds is 3. The fraction of sp³-hybridized carbons (Fsp3) is 0.643. The third-order valence-electron chi connectivity index (χ3n) is 3.40. The van der Waals surface area contributed by atoms with Gasteiger partial charge in [0.25, 0.3) is 5.56 Å². The smallest absolute Gasteiger partial charge is 0.259 e. The van der Waals surface area contributed by atoms with Gasteiger partial charge in [-0.05, 0) is 20.8 Å². The predicted octanol–water partition coefficient (Wildman–Crippen LogP) is 1.57. The number of nitrogens with zero attached hydrogens (tertiary/aromatic N) is 3. The van der Waals surface area contributed by atoms with E-state index in [2.05, 4.69) is 15.3 Å². The number of methoxy groups -OCH3 is 1. The van der Waals surface area contributed by atoms with Crippen LogP contribution in [0.4, 0.5) is 5.82 Å². The largest absolute Gasteiger partial charge is 0.383 e. The molecule has 0 spiro atoms. The van der Waals surface area contributed by atoms with E-state index in [4.69, 9.17) is 4.74 Å². The SMILES string of the molecule is COCCN=C1Nc2ncn(C(C)(C)C)c(=O)c2C1C. The van der Waals surface area contributed by atoms with Gasteiger partial charge >= 0.3 is 0 Å². The minimum absolute atomic E-state index is 0.000517. The number of aliphatic imine (C=N–C) groups is 1. The molecule has 6 heteroatoms. The van der Waals surface area contributed by atoms with Crippen LogP contribution in [0, 0.1) is 0 Å². The van der Waals surface area contributed by atoms with Crippen LogP contribution in [0.2, 0.25) is 0 Å². The van der Waals surface area contributed by atoms with Crippen molar-refractivity contribution in [2.45, 2.75) is 39.2 Å². The summed E-state index contributed by atoms with van der Waals surface area (Å²) in [7, 11) is 1.64. The topological polar surface area (TPSA) is 68.5 Å². The number of hydrogen-bond donors (Lipinski definition) is 1. The summed E-state index contributed by atoms with van der Waals surface area (Å²) in [5.41, 5.74) is 0.410. The third-order valence-corrected chi connectivity index (χ3v) is 3.40. The summed E-state index contributed by atoms with van der Waals surface area (Å²) in [6, 6.07) is 0. The molecule has 110 valence electrons. The van der Waals surface area contributed by atoms with Gasteiger partial charge in [0, 0.05) is 18.6 Å². The van der Waals surface area contributed by atoms with Crippen LogP contribution in [0.5, 0.6) is 0 Å². The molecule has 0 aliphatic carbocycles. The van der Waals surface area contributed by atoms with Crippen LogP contribution in [-0.2, 0) is 10.3 Å². The van der Waals surface area contributed by atoms with Crippen LogP contribution in [0.1, 0.15) is 39.2 Å². The zero-order valence-electron chi connectivity index (χ0n) is 12.7. The predicted molar refractivity (Wildman–Crippen MR) is 79.7 cm³/mol. The summed E-state index contributed by atoms with van der Waals surface area (Å²) in [6.07, 6.45) is 1.60. The molecule has 0 aromatic carbocycles. The second-order valence-electron chi connectivity index (χ2n) is 5.96. The first kappa shape index (κ1) is 14.7. The van der Waals surface area contributed by atoms with Gasteiger partial charge in [-0.2, -0.15) is 0 Å². The van der Waals surface area contributed by atoms with Gasteiger partial charge < -0.3 is 10.1 Å². The Morgan fingerprint density at radius 2 is 2.20 bits per heavy atom. The molecule has 1 aromatic heterocycles. The molecule has 2 rings (SSSR count). The standard InChI is InChI=1S/C14H22N4O2/c1-9-10-12(17-11(9)15-6-7-20-5)16-8-18(13(10)19)14(2,3)4/h8-9H,6-7H2,1-5H3,(H,15,17). The summed E-state index contributed by atoms with van der Waals surface area (Å²) < 4.78 is 6.65. The third kappa shape index (κ3) is 2.60. The molecule has 20 heavy (non-hydrogen) atoms. The molecule has 0 fully saturated rings. The number of amidine groups is 1. The van der Waals surface area contributed by atoms with Gasteiger partial charge in [0.05, 0.1) is 18.7 Å². The minimum Gasteiger partial charge on any atom is -0.383 e. The molecule has 0 saturated heterocycles. The Hall–Kier alpha value is -1.69. The molecule has 0 saturated carbocycles. The Morgan fingerprint density at radius 3 is 2.80 bits per heavy atom. The Morgan fingerprint density at radius 1 is 1.50 bits per heavy atom. The van der Waals surface area contributed by atoms with E-state index in [1.54, 1.807) is 18.0 Å². The average molecular weight is 278 g/mol. The van der Waals surface area contributed by atoms with Crippen molar-refractivity contribution in [2.24, 2.45) is 4.99 Å². The van der Waals surface area contributed by atoms with E-state index in [0.717, 1.165) is 5.84 Å². The Kier molecular flexibility index (Phi) is 3.94. The molecule has 6 nitrogen and oxygen atoms in total. The molecule has 1 N–H and O–H groups in total. The zero-order valence-corrected chi connectivity index (χ0v) is 12.7. The lowest BCUT2D eigenvalue weighted by Crippen LogP contribution is -2.35. The lowest BCUT2D eigenvalue weighted by molar-refractivity contribution is 0.208. The van der Waals surface area contributed by atoms with Crippen LogP contribution in [0.15, 0.2) is 16.1 Å². The quantitative estimate of drug-likeness (QED) is 0.852. The van der Waals surface area contributed by atoms with E-state index in [9.17, 15) is 4.79 Å². The van der Waals surface area contributed by atoms with Gasteiger partial charge in [-0.25, -0.2) is 4.98 Å². The first-order valence-corrected chi connectivity index (χ1v) is 6.78. The monoisotopic (exact) mass is 278 g/mol. The second-order valence-corrected chi connectivity index (χ2v) is 5.96. The van der Waals surface area contributed by atoms with E-state index >= 15 is 0 Å². The van der Waals surface area contributed by atoms with Gasteiger partial charge in [-0.15, -0.1) is 0 Å². The number of anilines is 1. The highest BCUT2D eigenvalue weighted by Gasteiger charge is 2.31. The maximum absolute atomic E-state index is 12.6. The van der Waals surface area contributed by atoms with Crippen molar-refractivity contribution < 1.29 is 4.74 Å². The zero-order chi connectivity index (χ0) is 14.9. The Labute approximate surface area is 118 Å². The normalized spacial score (nSPS) is 20.1. The van der Waals surface area contributed by atoms with E-state index in [0.29, 0.717) is 24.5 Å². The van der Waals surface area contributed by atoms with E-state index in [1.165, 1.54) is 0 Å². The molecule has 1 aromatic rings. The molecule has 1 unspecified atom stereocenters.